The normalized spacial score (nSPS) is 12.1. The fourth-order valence-corrected chi connectivity index (χ4v) is 2.71. The van der Waals surface area contributed by atoms with Gasteiger partial charge in [-0.1, -0.05) is 23.8 Å². The molecule has 0 radical (unpaired) electrons. The van der Waals surface area contributed by atoms with E-state index >= 15 is 0 Å². The van der Waals surface area contributed by atoms with Crippen molar-refractivity contribution in [3.8, 4) is 0 Å². The molecule has 1 N–H and O–H groups in total. The van der Waals surface area contributed by atoms with Gasteiger partial charge in [-0.2, -0.15) is 0 Å². The van der Waals surface area contributed by atoms with Crippen LogP contribution >= 0.6 is 0 Å². The standard InChI is InChI=1S/C19H26N2/c1-13-7-9-18(14(2)11-13)16(4)20-19-10-8-17(21(5)6)12-15(19)3/h7-12,16,20H,1-6H3. The third kappa shape index (κ3) is 3.57. The van der Waals surface area contributed by atoms with Gasteiger partial charge in [-0.05, 0) is 62.6 Å². The first kappa shape index (κ1) is 15.4. The van der Waals surface area contributed by atoms with Crippen molar-refractivity contribution in [1.29, 1.82) is 0 Å². The summed E-state index contributed by atoms with van der Waals surface area (Å²) in [5, 5.41) is 3.63. The number of aryl methyl sites for hydroxylation is 3. The van der Waals surface area contributed by atoms with Crippen LogP contribution < -0.4 is 10.2 Å². The van der Waals surface area contributed by atoms with Crippen LogP contribution in [0.5, 0.6) is 0 Å². The Bertz CT molecular complexity index is 629. The number of nitrogens with one attached hydrogen (secondary N) is 1. The van der Waals surface area contributed by atoms with E-state index in [4.69, 9.17) is 0 Å². The summed E-state index contributed by atoms with van der Waals surface area (Å²) in [6, 6.07) is 13.5. The van der Waals surface area contributed by atoms with Crippen LogP contribution in [0.2, 0.25) is 0 Å². The maximum Gasteiger partial charge on any atom is 0.0488 e. The molecule has 1 atom stereocenters. The zero-order chi connectivity index (χ0) is 15.6. The van der Waals surface area contributed by atoms with Crippen molar-refractivity contribution >= 4 is 11.4 Å². The molecule has 2 aromatic carbocycles. The summed E-state index contributed by atoms with van der Waals surface area (Å²) in [4.78, 5) is 2.13. The summed E-state index contributed by atoms with van der Waals surface area (Å²) >= 11 is 0. The van der Waals surface area contributed by atoms with Crippen LogP contribution in [0.3, 0.4) is 0 Å². The van der Waals surface area contributed by atoms with Gasteiger partial charge in [-0.25, -0.2) is 0 Å². The summed E-state index contributed by atoms with van der Waals surface area (Å²) in [5.74, 6) is 0. The van der Waals surface area contributed by atoms with E-state index in [2.05, 4.69) is 88.4 Å². The summed E-state index contributed by atoms with van der Waals surface area (Å²) in [6.07, 6.45) is 0. The zero-order valence-electron chi connectivity index (χ0n) is 14.0. The SMILES string of the molecule is Cc1ccc(C(C)Nc2ccc(N(C)C)cc2C)c(C)c1. The minimum absolute atomic E-state index is 0.300. The van der Waals surface area contributed by atoms with Crippen molar-refractivity contribution in [3.63, 3.8) is 0 Å². The lowest BCUT2D eigenvalue weighted by Gasteiger charge is -2.21. The van der Waals surface area contributed by atoms with Gasteiger partial charge in [0, 0.05) is 31.5 Å². The van der Waals surface area contributed by atoms with Gasteiger partial charge >= 0.3 is 0 Å². The third-order valence-corrected chi connectivity index (χ3v) is 3.99. The number of hydrogen-bond acceptors (Lipinski definition) is 2. The van der Waals surface area contributed by atoms with E-state index in [-0.39, 0.29) is 0 Å². The van der Waals surface area contributed by atoms with Crippen LogP contribution in [0.15, 0.2) is 36.4 Å². The quantitative estimate of drug-likeness (QED) is 0.862. The van der Waals surface area contributed by atoms with E-state index in [0.29, 0.717) is 6.04 Å². The second-order valence-electron chi connectivity index (χ2n) is 6.12. The smallest absolute Gasteiger partial charge is 0.0488 e. The maximum atomic E-state index is 3.63. The van der Waals surface area contributed by atoms with Gasteiger partial charge in [0.15, 0.2) is 0 Å². The second kappa shape index (κ2) is 6.21. The molecule has 2 rings (SSSR count). The highest BCUT2D eigenvalue weighted by Crippen LogP contribution is 2.27. The highest BCUT2D eigenvalue weighted by atomic mass is 15.1. The zero-order valence-corrected chi connectivity index (χ0v) is 14.0. The minimum atomic E-state index is 0.300. The van der Waals surface area contributed by atoms with Gasteiger partial charge < -0.3 is 10.2 Å². The van der Waals surface area contributed by atoms with Crippen LogP contribution in [-0.4, -0.2) is 14.1 Å². The molecule has 0 aromatic heterocycles. The third-order valence-electron chi connectivity index (χ3n) is 3.99. The fourth-order valence-electron chi connectivity index (χ4n) is 2.71. The molecule has 2 aromatic rings. The van der Waals surface area contributed by atoms with Gasteiger partial charge in [0.25, 0.3) is 0 Å². The topological polar surface area (TPSA) is 15.3 Å². The Hall–Kier alpha value is -1.96. The fraction of sp³-hybridized carbons (Fsp3) is 0.368. The maximum absolute atomic E-state index is 3.63. The number of nitrogens with zero attached hydrogens (tertiary/aromatic N) is 1. The van der Waals surface area contributed by atoms with Gasteiger partial charge in [0.2, 0.25) is 0 Å². The van der Waals surface area contributed by atoms with E-state index < -0.39 is 0 Å². The van der Waals surface area contributed by atoms with Crippen LogP contribution in [0, 0.1) is 20.8 Å². The molecule has 0 bridgehead atoms. The van der Waals surface area contributed by atoms with E-state index in [1.807, 2.05) is 0 Å². The largest absolute Gasteiger partial charge is 0.378 e. The first-order valence-corrected chi connectivity index (χ1v) is 7.50. The Balaban J connectivity index is 2.21. The molecule has 0 aliphatic carbocycles. The molecule has 2 nitrogen and oxygen atoms in total. The lowest BCUT2D eigenvalue weighted by molar-refractivity contribution is 0.871. The van der Waals surface area contributed by atoms with Crippen molar-refractivity contribution in [3.05, 3.63) is 58.7 Å². The molecular weight excluding hydrogens is 256 g/mol. The van der Waals surface area contributed by atoms with Gasteiger partial charge in [0.1, 0.15) is 0 Å². The van der Waals surface area contributed by atoms with Gasteiger partial charge in [0.05, 0.1) is 0 Å². The van der Waals surface area contributed by atoms with E-state index in [9.17, 15) is 0 Å². The lowest BCUT2D eigenvalue weighted by atomic mass is 9.99. The van der Waals surface area contributed by atoms with Crippen molar-refractivity contribution in [1.82, 2.24) is 0 Å². The number of rotatable bonds is 4. The van der Waals surface area contributed by atoms with Crippen LogP contribution in [0.1, 0.15) is 35.2 Å². The Morgan fingerprint density at radius 2 is 1.62 bits per heavy atom. The molecule has 21 heavy (non-hydrogen) atoms. The molecule has 0 spiro atoms. The van der Waals surface area contributed by atoms with Crippen molar-refractivity contribution in [2.75, 3.05) is 24.3 Å². The predicted molar refractivity (Wildman–Crippen MR) is 93.5 cm³/mol. The second-order valence-corrected chi connectivity index (χ2v) is 6.12. The number of hydrogen-bond donors (Lipinski definition) is 1. The van der Waals surface area contributed by atoms with Gasteiger partial charge in [-0.15, -0.1) is 0 Å². The van der Waals surface area contributed by atoms with E-state index in [0.717, 1.165) is 0 Å². The molecule has 1 unspecified atom stereocenters. The summed E-state index contributed by atoms with van der Waals surface area (Å²) in [7, 11) is 4.14. The highest BCUT2D eigenvalue weighted by Gasteiger charge is 2.10. The van der Waals surface area contributed by atoms with Gasteiger partial charge in [-0.3, -0.25) is 0 Å². The Morgan fingerprint density at radius 1 is 0.905 bits per heavy atom. The molecule has 0 aliphatic heterocycles. The molecule has 112 valence electrons. The summed E-state index contributed by atoms with van der Waals surface area (Å²) in [5.41, 5.74) is 7.73. The lowest BCUT2D eigenvalue weighted by Crippen LogP contribution is -2.11. The summed E-state index contributed by atoms with van der Waals surface area (Å²) in [6.45, 7) is 8.70. The molecule has 0 saturated heterocycles. The monoisotopic (exact) mass is 282 g/mol. The first-order valence-electron chi connectivity index (χ1n) is 7.50. The van der Waals surface area contributed by atoms with E-state index in [1.165, 1.54) is 33.6 Å². The molecule has 0 fully saturated rings. The minimum Gasteiger partial charge on any atom is -0.378 e. The van der Waals surface area contributed by atoms with E-state index in [1.54, 1.807) is 0 Å². The van der Waals surface area contributed by atoms with Crippen molar-refractivity contribution < 1.29 is 0 Å². The predicted octanol–water partition coefficient (Wildman–Crippen LogP) is 4.85. The number of anilines is 2. The molecule has 0 amide bonds. The molecular formula is C19H26N2. The van der Waals surface area contributed by atoms with Crippen molar-refractivity contribution in [2.45, 2.75) is 33.7 Å². The average Bonchev–Trinajstić information content (AvgIpc) is 2.40. The van der Waals surface area contributed by atoms with Crippen LogP contribution in [0.25, 0.3) is 0 Å². The molecule has 0 aliphatic rings. The Labute approximate surface area is 128 Å². The average molecular weight is 282 g/mol. The number of benzene rings is 2. The highest BCUT2D eigenvalue weighted by molar-refractivity contribution is 5.60. The summed E-state index contributed by atoms with van der Waals surface area (Å²) < 4.78 is 0. The molecule has 0 saturated carbocycles. The van der Waals surface area contributed by atoms with Crippen LogP contribution in [-0.2, 0) is 0 Å². The molecule has 0 heterocycles. The van der Waals surface area contributed by atoms with Crippen LogP contribution in [0.4, 0.5) is 11.4 Å². The first-order chi connectivity index (χ1) is 9.88. The Kier molecular flexibility index (Phi) is 4.56. The molecule has 2 heteroatoms. The Morgan fingerprint density at radius 3 is 2.19 bits per heavy atom. The van der Waals surface area contributed by atoms with Crippen molar-refractivity contribution in [2.24, 2.45) is 0 Å².